The third-order valence-electron chi connectivity index (χ3n) is 3.08. The van der Waals surface area contributed by atoms with Gasteiger partial charge in [-0.3, -0.25) is 9.78 Å². The summed E-state index contributed by atoms with van der Waals surface area (Å²) in [6.45, 7) is 1.45. The summed E-state index contributed by atoms with van der Waals surface area (Å²) in [4.78, 5) is 17.6. The van der Waals surface area contributed by atoms with E-state index in [1.807, 2.05) is 7.05 Å². The van der Waals surface area contributed by atoms with E-state index in [4.69, 9.17) is 0 Å². The number of carbonyl (C=O) groups excluding carboxylic acids is 1. The van der Waals surface area contributed by atoms with Gasteiger partial charge in [-0.2, -0.15) is 0 Å². The number of rotatable bonds is 3. The third kappa shape index (κ3) is 2.44. The van der Waals surface area contributed by atoms with Crippen molar-refractivity contribution in [2.24, 2.45) is 0 Å². The summed E-state index contributed by atoms with van der Waals surface area (Å²) >= 11 is 0. The second-order valence-electron chi connectivity index (χ2n) is 4.21. The molecule has 1 atom stereocenters. The van der Waals surface area contributed by atoms with Crippen LogP contribution in [0.25, 0.3) is 0 Å². The Labute approximate surface area is 99.8 Å². The van der Waals surface area contributed by atoms with Crippen LogP contribution < -0.4 is 5.32 Å². The first-order valence-electron chi connectivity index (χ1n) is 5.79. The quantitative estimate of drug-likeness (QED) is 0.854. The van der Waals surface area contributed by atoms with E-state index in [-0.39, 0.29) is 17.5 Å². The number of nitrogens with one attached hydrogen (secondary N) is 1. The van der Waals surface area contributed by atoms with Gasteiger partial charge in [0.05, 0.1) is 11.8 Å². The summed E-state index contributed by atoms with van der Waals surface area (Å²) < 4.78 is 13.5. The van der Waals surface area contributed by atoms with Crippen molar-refractivity contribution in [2.45, 2.75) is 18.9 Å². The Bertz CT molecular complexity index is 410. The normalized spacial score (nSPS) is 19.6. The highest BCUT2D eigenvalue weighted by molar-refractivity contribution is 5.94. The summed E-state index contributed by atoms with van der Waals surface area (Å²) in [5.41, 5.74) is 0.114. The van der Waals surface area contributed by atoms with Gasteiger partial charge in [-0.05, 0) is 26.0 Å². The molecule has 0 saturated carbocycles. The molecular formula is C12H16FN3O. The molecule has 1 aliphatic heterocycles. The van der Waals surface area contributed by atoms with Crippen LogP contribution in [0.2, 0.25) is 0 Å². The molecular weight excluding hydrogens is 221 g/mol. The molecule has 2 heterocycles. The fourth-order valence-corrected chi connectivity index (χ4v) is 2.25. The number of carbonyl (C=O) groups is 1. The molecule has 1 saturated heterocycles. The van der Waals surface area contributed by atoms with E-state index in [1.54, 1.807) is 4.90 Å². The SMILES string of the molecule is CNC[C@@H]1CCCN1C(=O)c1ccncc1F. The Morgan fingerprint density at radius 3 is 3.24 bits per heavy atom. The Morgan fingerprint density at radius 2 is 2.53 bits per heavy atom. The average Bonchev–Trinajstić information content (AvgIpc) is 2.78. The van der Waals surface area contributed by atoms with E-state index >= 15 is 0 Å². The molecule has 5 heteroatoms. The number of amides is 1. The van der Waals surface area contributed by atoms with Crippen LogP contribution in [0.5, 0.6) is 0 Å². The Hall–Kier alpha value is -1.49. The second-order valence-corrected chi connectivity index (χ2v) is 4.21. The van der Waals surface area contributed by atoms with Crippen LogP contribution in [0.1, 0.15) is 23.2 Å². The first-order chi connectivity index (χ1) is 8.24. The molecule has 4 nitrogen and oxygen atoms in total. The molecule has 0 aliphatic carbocycles. The molecule has 0 bridgehead atoms. The number of hydrogen-bond acceptors (Lipinski definition) is 3. The number of aromatic nitrogens is 1. The first kappa shape index (κ1) is 12.0. The highest BCUT2D eigenvalue weighted by atomic mass is 19.1. The van der Waals surface area contributed by atoms with Gasteiger partial charge in [0, 0.05) is 25.3 Å². The lowest BCUT2D eigenvalue weighted by Crippen LogP contribution is -2.41. The molecule has 1 aromatic rings. The lowest BCUT2D eigenvalue weighted by atomic mass is 10.2. The zero-order valence-electron chi connectivity index (χ0n) is 9.82. The third-order valence-corrected chi connectivity index (χ3v) is 3.08. The molecule has 1 fully saturated rings. The van der Waals surface area contributed by atoms with Gasteiger partial charge in [-0.25, -0.2) is 4.39 Å². The maximum absolute atomic E-state index is 13.5. The zero-order chi connectivity index (χ0) is 12.3. The van der Waals surface area contributed by atoms with Crippen molar-refractivity contribution in [1.82, 2.24) is 15.2 Å². The van der Waals surface area contributed by atoms with Gasteiger partial charge in [0.1, 0.15) is 0 Å². The highest BCUT2D eigenvalue weighted by Gasteiger charge is 2.29. The number of hydrogen-bond donors (Lipinski definition) is 1. The van der Waals surface area contributed by atoms with Gasteiger partial charge in [-0.1, -0.05) is 0 Å². The number of nitrogens with zero attached hydrogens (tertiary/aromatic N) is 2. The van der Waals surface area contributed by atoms with E-state index in [1.165, 1.54) is 12.3 Å². The summed E-state index contributed by atoms with van der Waals surface area (Å²) in [6.07, 6.45) is 4.47. The molecule has 1 N–H and O–H groups in total. The molecule has 1 aromatic heterocycles. The van der Waals surface area contributed by atoms with Gasteiger partial charge in [0.25, 0.3) is 5.91 Å². The largest absolute Gasteiger partial charge is 0.334 e. The Morgan fingerprint density at radius 1 is 1.71 bits per heavy atom. The maximum atomic E-state index is 13.5. The van der Waals surface area contributed by atoms with Crippen molar-refractivity contribution in [3.8, 4) is 0 Å². The van der Waals surface area contributed by atoms with Crippen LogP contribution in [0, 0.1) is 5.82 Å². The number of likely N-dealkylation sites (tertiary alicyclic amines) is 1. The van der Waals surface area contributed by atoms with Crippen LogP contribution in [-0.4, -0.2) is 42.0 Å². The van der Waals surface area contributed by atoms with Gasteiger partial charge in [0.15, 0.2) is 5.82 Å². The predicted molar refractivity (Wildman–Crippen MR) is 62.2 cm³/mol. The molecule has 0 radical (unpaired) electrons. The molecule has 17 heavy (non-hydrogen) atoms. The topological polar surface area (TPSA) is 45.2 Å². The summed E-state index contributed by atoms with van der Waals surface area (Å²) in [6, 6.07) is 1.60. The standard InChI is InChI=1S/C12H16FN3O/c1-14-7-9-3-2-6-16(9)12(17)10-4-5-15-8-11(10)13/h4-5,8-9,14H,2-3,6-7H2,1H3/t9-/m0/s1. The van der Waals surface area contributed by atoms with Crippen molar-refractivity contribution in [3.05, 3.63) is 29.8 Å². The highest BCUT2D eigenvalue weighted by Crippen LogP contribution is 2.20. The smallest absolute Gasteiger partial charge is 0.257 e. The Balaban J connectivity index is 2.17. The van der Waals surface area contributed by atoms with E-state index < -0.39 is 5.82 Å². The van der Waals surface area contributed by atoms with Crippen molar-refractivity contribution in [2.75, 3.05) is 20.1 Å². The number of pyridine rings is 1. The molecule has 0 unspecified atom stereocenters. The van der Waals surface area contributed by atoms with E-state index in [0.29, 0.717) is 6.54 Å². The average molecular weight is 237 g/mol. The number of halogens is 1. The van der Waals surface area contributed by atoms with E-state index in [0.717, 1.165) is 25.6 Å². The second kappa shape index (κ2) is 5.23. The monoisotopic (exact) mass is 237 g/mol. The van der Waals surface area contributed by atoms with E-state index in [2.05, 4.69) is 10.3 Å². The minimum atomic E-state index is -0.549. The molecule has 0 spiro atoms. The van der Waals surface area contributed by atoms with Crippen LogP contribution in [0.3, 0.4) is 0 Å². The maximum Gasteiger partial charge on any atom is 0.257 e. The lowest BCUT2D eigenvalue weighted by Gasteiger charge is -2.24. The van der Waals surface area contributed by atoms with Crippen LogP contribution in [0.4, 0.5) is 4.39 Å². The molecule has 92 valence electrons. The van der Waals surface area contributed by atoms with Gasteiger partial charge >= 0.3 is 0 Å². The van der Waals surface area contributed by atoms with Crippen molar-refractivity contribution in [1.29, 1.82) is 0 Å². The lowest BCUT2D eigenvalue weighted by molar-refractivity contribution is 0.0732. The zero-order valence-corrected chi connectivity index (χ0v) is 9.82. The minimum Gasteiger partial charge on any atom is -0.334 e. The van der Waals surface area contributed by atoms with Gasteiger partial charge in [0.2, 0.25) is 0 Å². The molecule has 0 aromatic carbocycles. The first-order valence-corrected chi connectivity index (χ1v) is 5.79. The fraction of sp³-hybridized carbons (Fsp3) is 0.500. The fourth-order valence-electron chi connectivity index (χ4n) is 2.25. The van der Waals surface area contributed by atoms with Crippen molar-refractivity contribution < 1.29 is 9.18 Å². The number of likely N-dealkylation sites (N-methyl/N-ethyl adjacent to an activating group) is 1. The molecule has 2 rings (SSSR count). The minimum absolute atomic E-state index is 0.114. The molecule has 1 amide bonds. The van der Waals surface area contributed by atoms with Crippen LogP contribution in [0.15, 0.2) is 18.5 Å². The van der Waals surface area contributed by atoms with Crippen molar-refractivity contribution >= 4 is 5.91 Å². The van der Waals surface area contributed by atoms with Crippen molar-refractivity contribution in [3.63, 3.8) is 0 Å². The van der Waals surface area contributed by atoms with E-state index in [9.17, 15) is 9.18 Å². The van der Waals surface area contributed by atoms with Crippen LogP contribution >= 0.6 is 0 Å². The molecule has 1 aliphatic rings. The van der Waals surface area contributed by atoms with Gasteiger partial charge < -0.3 is 10.2 Å². The van der Waals surface area contributed by atoms with Gasteiger partial charge in [-0.15, -0.1) is 0 Å². The summed E-state index contributed by atoms with van der Waals surface area (Å²) in [7, 11) is 1.86. The predicted octanol–water partition coefficient (Wildman–Crippen LogP) is 1.04. The summed E-state index contributed by atoms with van der Waals surface area (Å²) in [5.74, 6) is -0.782. The Kier molecular flexibility index (Phi) is 3.68. The summed E-state index contributed by atoms with van der Waals surface area (Å²) in [5, 5.41) is 3.06. The van der Waals surface area contributed by atoms with Crippen LogP contribution in [-0.2, 0) is 0 Å².